The second-order valence-electron chi connectivity index (χ2n) is 5.20. The lowest BCUT2D eigenvalue weighted by molar-refractivity contribution is -0.138. The topological polar surface area (TPSA) is 139 Å². The molecule has 1 aliphatic rings. The zero-order valence-electron chi connectivity index (χ0n) is 12.2. The van der Waals surface area contributed by atoms with Crippen molar-refractivity contribution in [2.45, 2.75) is 51.0 Å². The molecule has 0 aliphatic carbocycles. The summed E-state index contributed by atoms with van der Waals surface area (Å²) in [5.41, 5.74) is 0. The van der Waals surface area contributed by atoms with E-state index in [-0.39, 0.29) is 25.9 Å². The number of unbranched alkanes of at least 4 members (excludes halogenated alkanes) is 2. The first-order chi connectivity index (χ1) is 10.3. The molecule has 9 heteroatoms. The number of hydrogen-bond donors (Lipinski definition) is 4. The van der Waals surface area contributed by atoms with Gasteiger partial charge in [-0.3, -0.25) is 19.4 Å². The molecule has 0 aromatic rings. The zero-order valence-corrected chi connectivity index (χ0v) is 12.2. The maximum Gasteiger partial charge on any atom is 0.324 e. The third kappa shape index (κ3) is 5.15. The number of carboxylic acid groups (broad SMARTS) is 2. The first-order valence-corrected chi connectivity index (χ1v) is 7.21. The maximum absolute atomic E-state index is 12.1. The van der Waals surface area contributed by atoms with E-state index in [0.29, 0.717) is 25.7 Å². The third-order valence-corrected chi connectivity index (χ3v) is 3.48. The second-order valence-corrected chi connectivity index (χ2v) is 5.20. The van der Waals surface area contributed by atoms with Crippen LogP contribution >= 0.6 is 0 Å². The van der Waals surface area contributed by atoms with Gasteiger partial charge in [-0.1, -0.05) is 0 Å². The van der Waals surface area contributed by atoms with Gasteiger partial charge in [-0.15, -0.1) is 0 Å². The first-order valence-electron chi connectivity index (χ1n) is 7.21. The highest BCUT2D eigenvalue weighted by molar-refractivity contribution is 5.77. The summed E-state index contributed by atoms with van der Waals surface area (Å²) in [7, 11) is 0. The van der Waals surface area contributed by atoms with Crippen molar-refractivity contribution >= 4 is 18.0 Å². The van der Waals surface area contributed by atoms with Gasteiger partial charge in [0.1, 0.15) is 0 Å². The first kappa shape index (κ1) is 18.2. The van der Waals surface area contributed by atoms with Gasteiger partial charge in [-0.2, -0.15) is 0 Å². The largest absolute Gasteiger partial charge is 0.481 e. The third-order valence-electron chi connectivity index (χ3n) is 3.48. The molecule has 2 amide bonds. The van der Waals surface area contributed by atoms with E-state index in [1.54, 1.807) is 0 Å². The van der Waals surface area contributed by atoms with Gasteiger partial charge < -0.3 is 20.4 Å². The van der Waals surface area contributed by atoms with Gasteiger partial charge in [0.05, 0.1) is 0 Å². The van der Waals surface area contributed by atoms with Crippen LogP contribution in [0.15, 0.2) is 0 Å². The molecule has 0 saturated carbocycles. The Morgan fingerprint density at radius 3 is 1.50 bits per heavy atom. The van der Waals surface area contributed by atoms with Crippen LogP contribution in [0.5, 0.6) is 0 Å². The molecule has 1 saturated heterocycles. The molecule has 1 heterocycles. The summed E-state index contributed by atoms with van der Waals surface area (Å²) in [6.45, 7) is 0.325. The van der Waals surface area contributed by atoms with Crippen molar-refractivity contribution in [3.63, 3.8) is 0 Å². The number of carboxylic acids is 2. The Morgan fingerprint density at radius 1 is 0.818 bits per heavy atom. The van der Waals surface area contributed by atoms with E-state index in [9.17, 15) is 24.6 Å². The van der Waals surface area contributed by atoms with Gasteiger partial charge in [0.2, 0.25) is 0 Å². The number of carbonyl (C=O) groups excluding carboxylic acids is 1. The van der Waals surface area contributed by atoms with Crippen molar-refractivity contribution in [1.29, 1.82) is 0 Å². The molecule has 1 fully saturated rings. The number of carbonyl (C=O) groups is 3. The molecule has 1 rings (SSSR count). The molecule has 126 valence electrons. The minimum Gasteiger partial charge on any atom is -0.481 e. The minimum absolute atomic E-state index is 0.0143. The lowest BCUT2D eigenvalue weighted by Gasteiger charge is -2.19. The summed E-state index contributed by atoms with van der Waals surface area (Å²) < 4.78 is 0. The SMILES string of the molecule is O=C(O)CCCCN1C(=O)N(CCCCC(=O)O)C(O)C1O. The Hall–Kier alpha value is -1.87. The summed E-state index contributed by atoms with van der Waals surface area (Å²) >= 11 is 0. The normalized spacial score (nSPS) is 21.5. The fourth-order valence-corrected chi connectivity index (χ4v) is 2.29. The maximum atomic E-state index is 12.1. The molecule has 0 spiro atoms. The van der Waals surface area contributed by atoms with Crippen LogP contribution in [0.1, 0.15) is 38.5 Å². The molecule has 0 aromatic carbocycles. The minimum atomic E-state index is -1.35. The zero-order chi connectivity index (χ0) is 16.7. The van der Waals surface area contributed by atoms with Crippen molar-refractivity contribution in [2.24, 2.45) is 0 Å². The van der Waals surface area contributed by atoms with Crippen LogP contribution in [-0.4, -0.2) is 73.7 Å². The fraction of sp³-hybridized carbons (Fsp3) is 0.769. The summed E-state index contributed by atoms with van der Waals surface area (Å²) in [6.07, 6.45) is -1.16. The van der Waals surface area contributed by atoms with E-state index in [1.807, 2.05) is 0 Å². The van der Waals surface area contributed by atoms with Gasteiger partial charge in [-0.05, 0) is 25.7 Å². The molecule has 0 radical (unpaired) electrons. The molecular formula is C13H22N2O7. The van der Waals surface area contributed by atoms with E-state index in [0.717, 1.165) is 9.80 Å². The standard InChI is InChI=1S/C13H22N2O7/c16-9(17)5-1-3-7-14-11(20)12(21)15(13(14)22)8-4-2-6-10(18)19/h11-12,20-21H,1-8H2,(H,16,17)(H,18,19). The Morgan fingerprint density at radius 2 is 1.18 bits per heavy atom. The van der Waals surface area contributed by atoms with E-state index in [4.69, 9.17) is 10.2 Å². The number of aliphatic hydroxyl groups excluding tert-OH is 2. The van der Waals surface area contributed by atoms with Gasteiger partial charge >= 0.3 is 18.0 Å². The Balaban J connectivity index is 2.41. The molecule has 4 N–H and O–H groups in total. The number of nitrogens with zero attached hydrogens (tertiary/aromatic N) is 2. The molecule has 0 aromatic heterocycles. The van der Waals surface area contributed by atoms with Crippen LogP contribution in [0.4, 0.5) is 4.79 Å². The number of urea groups is 1. The van der Waals surface area contributed by atoms with E-state index in [1.165, 1.54) is 0 Å². The number of hydrogen-bond acceptors (Lipinski definition) is 5. The summed E-state index contributed by atoms with van der Waals surface area (Å²) in [5, 5.41) is 36.8. The average Bonchev–Trinajstić information content (AvgIpc) is 2.63. The van der Waals surface area contributed by atoms with Gasteiger partial charge in [-0.25, -0.2) is 4.79 Å². The van der Waals surface area contributed by atoms with Gasteiger partial charge in [0.25, 0.3) is 0 Å². The van der Waals surface area contributed by atoms with Crippen molar-refractivity contribution < 1.29 is 34.8 Å². The molecule has 1 aliphatic heterocycles. The van der Waals surface area contributed by atoms with Gasteiger partial charge in [0.15, 0.2) is 12.5 Å². The van der Waals surface area contributed by atoms with Crippen LogP contribution < -0.4 is 0 Å². The van der Waals surface area contributed by atoms with E-state index in [2.05, 4.69) is 0 Å². The van der Waals surface area contributed by atoms with Crippen molar-refractivity contribution in [1.82, 2.24) is 9.80 Å². The van der Waals surface area contributed by atoms with Crippen molar-refractivity contribution in [2.75, 3.05) is 13.1 Å². The molecule has 22 heavy (non-hydrogen) atoms. The molecule has 2 atom stereocenters. The van der Waals surface area contributed by atoms with E-state index < -0.39 is 30.4 Å². The molecule has 2 unspecified atom stereocenters. The lowest BCUT2D eigenvalue weighted by Crippen LogP contribution is -2.37. The molecule has 0 bridgehead atoms. The monoisotopic (exact) mass is 318 g/mol. The number of rotatable bonds is 10. The van der Waals surface area contributed by atoms with Crippen LogP contribution in [-0.2, 0) is 9.59 Å². The van der Waals surface area contributed by atoms with Gasteiger partial charge in [0, 0.05) is 25.9 Å². The smallest absolute Gasteiger partial charge is 0.324 e. The van der Waals surface area contributed by atoms with Crippen LogP contribution in [0.3, 0.4) is 0 Å². The Labute approximate surface area is 127 Å². The quantitative estimate of drug-likeness (QED) is 0.411. The van der Waals surface area contributed by atoms with Crippen LogP contribution in [0, 0.1) is 0 Å². The summed E-state index contributed by atoms with van der Waals surface area (Å²) in [4.78, 5) is 35.1. The highest BCUT2D eigenvalue weighted by atomic mass is 16.4. The Bertz CT molecular complexity index is 379. The van der Waals surface area contributed by atoms with Crippen LogP contribution in [0.25, 0.3) is 0 Å². The molecule has 9 nitrogen and oxygen atoms in total. The van der Waals surface area contributed by atoms with Crippen LogP contribution in [0.2, 0.25) is 0 Å². The van der Waals surface area contributed by atoms with Crippen molar-refractivity contribution in [3.05, 3.63) is 0 Å². The predicted octanol–water partition coefficient (Wildman–Crippen LogP) is -0.129. The van der Waals surface area contributed by atoms with Crippen molar-refractivity contribution in [3.8, 4) is 0 Å². The number of amides is 2. The average molecular weight is 318 g/mol. The summed E-state index contributed by atoms with van der Waals surface area (Å²) in [6, 6.07) is -0.523. The lowest BCUT2D eigenvalue weighted by atomic mass is 10.2. The number of aliphatic hydroxyl groups is 2. The Kier molecular flexibility index (Phi) is 7.06. The molecular weight excluding hydrogens is 296 g/mol. The predicted molar refractivity (Wildman–Crippen MR) is 73.8 cm³/mol. The van der Waals surface area contributed by atoms with E-state index >= 15 is 0 Å². The highest BCUT2D eigenvalue weighted by Crippen LogP contribution is 2.21. The highest BCUT2D eigenvalue weighted by Gasteiger charge is 2.43. The second kappa shape index (κ2) is 8.54. The fourth-order valence-electron chi connectivity index (χ4n) is 2.29. The summed E-state index contributed by atoms with van der Waals surface area (Å²) in [5.74, 6) is -1.85. The number of aliphatic carboxylic acids is 2.